The van der Waals surface area contributed by atoms with Crippen LogP contribution in [0.1, 0.15) is 35.7 Å². The third-order valence-corrected chi connectivity index (χ3v) is 6.59. The predicted molar refractivity (Wildman–Crippen MR) is 135 cm³/mol. The molecule has 0 atom stereocenters. The molecule has 2 aliphatic heterocycles. The Kier molecular flexibility index (Phi) is 7.37. The summed E-state index contributed by atoms with van der Waals surface area (Å²) in [5.41, 5.74) is 2.26. The van der Waals surface area contributed by atoms with E-state index in [0.717, 1.165) is 36.1 Å². The van der Waals surface area contributed by atoms with Crippen LogP contribution in [-0.2, 0) is 9.53 Å². The Balaban J connectivity index is 1.62. The number of anilines is 1. The summed E-state index contributed by atoms with van der Waals surface area (Å²) in [5, 5.41) is 10.9. The maximum atomic E-state index is 12.7. The molecule has 0 radical (unpaired) electrons. The molecule has 0 bridgehead atoms. The molecule has 1 N–H and O–H groups in total. The van der Waals surface area contributed by atoms with Gasteiger partial charge < -0.3 is 19.5 Å². The fraction of sp³-hybridized carbons (Fsp3) is 0.269. The van der Waals surface area contributed by atoms with E-state index >= 15 is 0 Å². The lowest BCUT2D eigenvalue weighted by atomic mass is 10.1. The van der Waals surface area contributed by atoms with Crippen LogP contribution >= 0.6 is 11.8 Å². The number of carbonyl (C=O) groups is 2. The van der Waals surface area contributed by atoms with Gasteiger partial charge in [0.05, 0.1) is 18.6 Å². The maximum Gasteiger partial charge on any atom is 0.344 e. The number of benzene rings is 2. The van der Waals surface area contributed by atoms with E-state index in [4.69, 9.17) is 9.47 Å². The summed E-state index contributed by atoms with van der Waals surface area (Å²) < 4.78 is 10.2. The van der Waals surface area contributed by atoms with Gasteiger partial charge in [0.25, 0.3) is 5.91 Å². The quantitative estimate of drug-likeness (QED) is 0.585. The van der Waals surface area contributed by atoms with Gasteiger partial charge in [-0.3, -0.25) is 4.79 Å². The first-order chi connectivity index (χ1) is 16.5. The number of aliphatic imine (C=N–C) groups is 1. The van der Waals surface area contributed by atoms with Crippen molar-refractivity contribution >= 4 is 40.4 Å². The van der Waals surface area contributed by atoms with Crippen LogP contribution in [0.2, 0.25) is 0 Å². The number of methoxy groups -OCH3 is 1. The molecule has 0 aromatic heterocycles. The molecule has 0 unspecified atom stereocenters. The number of aliphatic hydroxyl groups is 1. The van der Waals surface area contributed by atoms with Crippen molar-refractivity contribution in [3.63, 3.8) is 0 Å². The molecule has 1 fully saturated rings. The second kappa shape index (κ2) is 10.6. The van der Waals surface area contributed by atoms with Crippen LogP contribution in [0.3, 0.4) is 0 Å². The summed E-state index contributed by atoms with van der Waals surface area (Å²) in [6.07, 6.45) is 4.18. The lowest BCUT2D eigenvalue weighted by Crippen LogP contribution is -2.17. The number of esters is 1. The monoisotopic (exact) mass is 478 g/mol. The summed E-state index contributed by atoms with van der Waals surface area (Å²) in [6.45, 7) is 3.93. The molecule has 2 aromatic rings. The number of nitrogens with zero attached hydrogens (tertiary/aromatic N) is 2. The molecule has 0 saturated carbocycles. The van der Waals surface area contributed by atoms with E-state index in [0.29, 0.717) is 16.2 Å². The number of thioether (sulfide) groups is 1. The van der Waals surface area contributed by atoms with Crippen molar-refractivity contribution in [1.29, 1.82) is 0 Å². The van der Waals surface area contributed by atoms with E-state index in [1.807, 2.05) is 24.3 Å². The fourth-order valence-electron chi connectivity index (χ4n) is 3.79. The SMILES string of the molecule is CCOC(=O)C1=C(O)/C(=C/c2ccc(N3CCCC3)cc2)SC1=NC(=O)c1ccc(OC)cc1. The van der Waals surface area contributed by atoms with E-state index in [1.54, 1.807) is 44.4 Å². The molecule has 34 heavy (non-hydrogen) atoms. The first kappa shape index (κ1) is 23.6. The van der Waals surface area contributed by atoms with E-state index in [-0.39, 0.29) is 23.0 Å². The molecule has 7 nitrogen and oxygen atoms in total. The summed E-state index contributed by atoms with van der Waals surface area (Å²) in [6, 6.07) is 14.5. The molecule has 2 heterocycles. The number of hydrogen-bond donors (Lipinski definition) is 1. The van der Waals surface area contributed by atoms with Crippen LogP contribution < -0.4 is 9.64 Å². The van der Waals surface area contributed by atoms with Gasteiger partial charge in [0, 0.05) is 24.3 Å². The van der Waals surface area contributed by atoms with Crippen LogP contribution in [0.5, 0.6) is 5.75 Å². The predicted octanol–water partition coefficient (Wildman–Crippen LogP) is 5.00. The molecule has 176 valence electrons. The summed E-state index contributed by atoms with van der Waals surface area (Å²) in [5.74, 6) is -0.879. The molecule has 0 aliphatic carbocycles. The fourth-order valence-corrected chi connectivity index (χ4v) is 4.80. The van der Waals surface area contributed by atoms with Crippen LogP contribution in [0.15, 0.2) is 69.8 Å². The van der Waals surface area contributed by atoms with Gasteiger partial charge in [-0.1, -0.05) is 23.9 Å². The average Bonchev–Trinajstić information content (AvgIpc) is 3.48. The van der Waals surface area contributed by atoms with Gasteiger partial charge in [0.2, 0.25) is 0 Å². The largest absolute Gasteiger partial charge is 0.506 e. The van der Waals surface area contributed by atoms with Gasteiger partial charge in [0.15, 0.2) is 0 Å². The molecule has 0 spiro atoms. The summed E-state index contributed by atoms with van der Waals surface area (Å²) >= 11 is 1.07. The Hall–Kier alpha value is -3.52. The average molecular weight is 479 g/mol. The summed E-state index contributed by atoms with van der Waals surface area (Å²) in [7, 11) is 1.54. The number of amides is 1. The van der Waals surface area contributed by atoms with Gasteiger partial charge in [-0.05, 0) is 67.8 Å². The molecule has 8 heteroatoms. The van der Waals surface area contributed by atoms with Gasteiger partial charge in [0.1, 0.15) is 22.1 Å². The molecule has 1 amide bonds. The Morgan fingerprint density at radius 3 is 2.38 bits per heavy atom. The lowest BCUT2D eigenvalue weighted by molar-refractivity contribution is -0.138. The highest BCUT2D eigenvalue weighted by atomic mass is 32.2. The minimum absolute atomic E-state index is 0.103. The van der Waals surface area contributed by atoms with Crippen LogP contribution in [0.4, 0.5) is 5.69 Å². The smallest absolute Gasteiger partial charge is 0.344 e. The van der Waals surface area contributed by atoms with Gasteiger partial charge in [-0.15, -0.1) is 0 Å². The zero-order chi connectivity index (χ0) is 24.1. The number of hydrogen-bond acceptors (Lipinski definition) is 7. The lowest BCUT2D eigenvalue weighted by Gasteiger charge is -2.17. The van der Waals surface area contributed by atoms with E-state index in [2.05, 4.69) is 9.89 Å². The van der Waals surface area contributed by atoms with Gasteiger partial charge >= 0.3 is 5.97 Å². The topological polar surface area (TPSA) is 88.4 Å². The number of aliphatic hydroxyl groups excluding tert-OH is 1. The van der Waals surface area contributed by atoms with Crippen molar-refractivity contribution in [2.24, 2.45) is 4.99 Å². The Bertz CT molecular complexity index is 1160. The highest BCUT2D eigenvalue weighted by Crippen LogP contribution is 2.39. The molecular weight excluding hydrogens is 452 g/mol. The first-order valence-electron chi connectivity index (χ1n) is 11.1. The van der Waals surface area contributed by atoms with Crippen molar-refractivity contribution in [2.45, 2.75) is 19.8 Å². The van der Waals surface area contributed by atoms with Crippen molar-refractivity contribution in [3.05, 3.63) is 75.9 Å². The van der Waals surface area contributed by atoms with Crippen molar-refractivity contribution < 1.29 is 24.2 Å². The van der Waals surface area contributed by atoms with E-state index < -0.39 is 11.9 Å². The highest BCUT2D eigenvalue weighted by Gasteiger charge is 2.34. The Morgan fingerprint density at radius 1 is 1.09 bits per heavy atom. The second-order valence-corrected chi connectivity index (χ2v) is 8.82. The third-order valence-electron chi connectivity index (χ3n) is 5.57. The zero-order valence-corrected chi connectivity index (χ0v) is 19.9. The van der Waals surface area contributed by atoms with E-state index in [9.17, 15) is 14.7 Å². The Morgan fingerprint density at radius 2 is 1.76 bits per heavy atom. The molecule has 1 saturated heterocycles. The van der Waals surface area contributed by atoms with Gasteiger partial charge in [-0.25, -0.2) is 9.79 Å². The highest BCUT2D eigenvalue weighted by molar-refractivity contribution is 8.18. The Labute approximate surface area is 202 Å². The standard InChI is InChI=1S/C26H26N2O5S/c1-3-33-26(31)22-23(29)21(16-17-6-10-19(11-7-17)28-14-4-5-15-28)34-25(22)27-24(30)18-8-12-20(32-2)13-9-18/h6-13,16,29H,3-5,14-15H2,1-2H3/b21-16-,27-25?. The third kappa shape index (κ3) is 5.17. The van der Waals surface area contributed by atoms with E-state index in [1.165, 1.54) is 12.8 Å². The zero-order valence-electron chi connectivity index (χ0n) is 19.1. The van der Waals surface area contributed by atoms with Crippen molar-refractivity contribution in [1.82, 2.24) is 0 Å². The maximum absolute atomic E-state index is 12.7. The molecular formula is C26H26N2O5S. The minimum atomic E-state index is -0.721. The number of rotatable bonds is 6. The summed E-state index contributed by atoms with van der Waals surface area (Å²) in [4.78, 5) is 32.2. The van der Waals surface area contributed by atoms with Crippen LogP contribution in [0, 0.1) is 0 Å². The van der Waals surface area contributed by atoms with Crippen molar-refractivity contribution in [3.8, 4) is 5.75 Å². The second-order valence-electron chi connectivity index (χ2n) is 7.79. The minimum Gasteiger partial charge on any atom is -0.506 e. The number of carbonyl (C=O) groups excluding carboxylic acids is 2. The molecule has 2 aromatic carbocycles. The number of ether oxygens (including phenoxy) is 2. The van der Waals surface area contributed by atoms with Crippen LogP contribution in [0.25, 0.3) is 6.08 Å². The molecule has 2 aliphatic rings. The van der Waals surface area contributed by atoms with Crippen molar-refractivity contribution in [2.75, 3.05) is 31.7 Å². The van der Waals surface area contributed by atoms with Gasteiger partial charge in [-0.2, -0.15) is 0 Å². The normalized spacial score (nSPS) is 18.1. The first-order valence-corrected chi connectivity index (χ1v) is 11.9. The van der Waals surface area contributed by atoms with Crippen LogP contribution in [-0.4, -0.2) is 48.8 Å². The molecule has 4 rings (SSSR count).